The highest BCUT2D eigenvalue weighted by Gasteiger charge is 2.33. The van der Waals surface area contributed by atoms with E-state index in [-0.39, 0.29) is 11.9 Å². The van der Waals surface area contributed by atoms with Crippen molar-refractivity contribution in [1.29, 1.82) is 0 Å². The first kappa shape index (κ1) is 6.55. The Morgan fingerprint density at radius 1 is 1.78 bits per heavy atom. The highest BCUT2D eigenvalue weighted by atomic mass is 16.5. The van der Waals surface area contributed by atoms with E-state index in [9.17, 15) is 4.79 Å². The summed E-state index contributed by atoms with van der Waals surface area (Å²) in [6.07, 6.45) is 0. The molecular weight excluding hydrogens is 118 g/mol. The Hall–Kier alpha value is -0.570. The van der Waals surface area contributed by atoms with Gasteiger partial charge in [-0.25, -0.2) is 0 Å². The second-order valence-electron chi connectivity index (χ2n) is 2.33. The maximum atomic E-state index is 10.7. The van der Waals surface area contributed by atoms with E-state index in [0.29, 0.717) is 6.04 Å². The molecule has 1 N–H and O–H groups in total. The van der Waals surface area contributed by atoms with E-state index in [1.165, 1.54) is 7.11 Å². The highest BCUT2D eigenvalue weighted by Crippen LogP contribution is 2.12. The lowest BCUT2D eigenvalue weighted by atomic mass is 9.94. The number of nitrogens with one attached hydrogen (secondary N) is 1. The normalized spacial score (nSPS) is 33.1. The zero-order chi connectivity index (χ0) is 6.85. The molecule has 3 heteroatoms. The molecule has 1 aliphatic rings. The predicted molar refractivity (Wildman–Crippen MR) is 33.0 cm³/mol. The third-order valence-corrected chi connectivity index (χ3v) is 1.77. The zero-order valence-electron chi connectivity index (χ0n) is 5.68. The number of methoxy groups -OCH3 is 1. The summed E-state index contributed by atoms with van der Waals surface area (Å²) in [5.74, 6) is -0.00347. The summed E-state index contributed by atoms with van der Waals surface area (Å²) < 4.78 is 4.55. The minimum absolute atomic E-state index is 0.0926. The first-order chi connectivity index (χ1) is 4.25. The molecule has 0 aliphatic carbocycles. The van der Waals surface area contributed by atoms with Gasteiger partial charge in [0.05, 0.1) is 13.0 Å². The Balaban J connectivity index is 2.35. The average Bonchev–Trinajstić information content (AvgIpc) is 1.84. The van der Waals surface area contributed by atoms with Crippen LogP contribution in [0.4, 0.5) is 0 Å². The lowest BCUT2D eigenvalue weighted by Crippen LogP contribution is -2.54. The summed E-state index contributed by atoms with van der Waals surface area (Å²) in [5.41, 5.74) is 0. The molecule has 0 spiro atoms. The van der Waals surface area contributed by atoms with Gasteiger partial charge in [-0.15, -0.1) is 0 Å². The molecule has 1 rings (SSSR count). The molecule has 1 saturated heterocycles. The van der Waals surface area contributed by atoms with Gasteiger partial charge in [-0.05, 0) is 6.92 Å². The van der Waals surface area contributed by atoms with E-state index >= 15 is 0 Å². The lowest BCUT2D eigenvalue weighted by Gasteiger charge is -2.32. The second-order valence-corrected chi connectivity index (χ2v) is 2.33. The smallest absolute Gasteiger partial charge is 0.311 e. The van der Waals surface area contributed by atoms with Gasteiger partial charge in [0.2, 0.25) is 0 Å². The maximum absolute atomic E-state index is 10.7. The molecular formula is C6H11NO2. The summed E-state index contributed by atoms with van der Waals surface area (Å²) in [6.45, 7) is 2.75. The van der Waals surface area contributed by atoms with Gasteiger partial charge < -0.3 is 10.1 Å². The predicted octanol–water partition coefficient (Wildman–Crippen LogP) is -0.233. The molecule has 0 aromatic rings. The van der Waals surface area contributed by atoms with Gasteiger partial charge in [-0.2, -0.15) is 0 Å². The van der Waals surface area contributed by atoms with E-state index in [2.05, 4.69) is 10.1 Å². The Morgan fingerprint density at radius 2 is 2.44 bits per heavy atom. The quantitative estimate of drug-likeness (QED) is 0.497. The van der Waals surface area contributed by atoms with Crippen LogP contribution in [-0.2, 0) is 9.53 Å². The molecule has 0 radical (unpaired) electrons. The van der Waals surface area contributed by atoms with E-state index in [0.717, 1.165) is 6.54 Å². The third kappa shape index (κ3) is 1.05. The van der Waals surface area contributed by atoms with Crippen LogP contribution >= 0.6 is 0 Å². The number of rotatable bonds is 1. The molecule has 52 valence electrons. The van der Waals surface area contributed by atoms with Crippen LogP contribution in [0, 0.1) is 5.92 Å². The fraction of sp³-hybridized carbons (Fsp3) is 0.833. The van der Waals surface area contributed by atoms with E-state index in [1.807, 2.05) is 6.92 Å². The van der Waals surface area contributed by atoms with Gasteiger partial charge in [-0.1, -0.05) is 0 Å². The fourth-order valence-corrected chi connectivity index (χ4v) is 0.910. The van der Waals surface area contributed by atoms with Crippen molar-refractivity contribution >= 4 is 5.97 Å². The van der Waals surface area contributed by atoms with Crippen molar-refractivity contribution < 1.29 is 9.53 Å². The number of ether oxygens (including phenoxy) is 1. The van der Waals surface area contributed by atoms with Crippen LogP contribution in [0.2, 0.25) is 0 Å². The van der Waals surface area contributed by atoms with Gasteiger partial charge in [-0.3, -0.25) is 4.79 Å². The van der Waals surface area contributed by atoms with Crippen LogP contribution in [0.25, 0.3) is 0 Å². The molecule has 9 heavy (non-hydrogen) atoms. The number of hydrogen-bond acceptors (Lipinski definition) is 3. The summed E-state index contributed by atoms with van der Waals surface area (Å²) >= 11 is 0. The topological polar surface area (TPSA) is 38.3 Å². The first-order valence-electron chi connectivity index (χ1n) is 3.07. The number of carbonyl (C=O) groups excluding carboxylic acids is 1. The molecule has 0 aromatic heterocycles. The van der Waals surface area contributed by atoms with Gasteiger partial charge in [0.25, 0.3) is 0 Å². The number of hydrogen-bond donors (Lipinski definition) is 1. The zero-order valence-corrected chi connectivity index (χ0v) is 5.68. The minimum Gasteiger partial charge on any atom is -0.469 e. The molecule has 2 atom stereocenters. The Bertz CT molecular complexity index is 124. The van der Waals surface area contributed by atoms with Gasteiger partial charge in [0.15, 0.2) is 0 Å². The van der Waals surface area contributed by atoms with Crippen LogP contribution in [0.1, 0.15) is 6.92 Å². The van der Waals surface area contributed by atoms with E-state index < -0.39 is 0 Å². The lowest BCUT2D eigenvalue weighted by molar-refractivity contribution is -0.148. The third-order valence-electron chi connectivity index (χ3n) is 1.77. The Kier molecular flexibility index (Phi) is 1.71. The van der Waals surface area contributed by atoms with Crippen molar-refractivity contribution in [3.63, 3.8) is 0 Å². The van der Waals surface area contributed by atoms with Crippen molar-refractivity contribution in [3.8, 4) is 0 Å². The van der Waals surface area contributed by atoms with Crippen LogP contribution in [-0.4, -0.2) is 25.7 Å². The Morgan fingerprint density at radius 3 is 2.56 bits per heavy atom. The maximum Gasteiger partial charge on any atom is 0.311 e. The molecule has 0 bridgehead atoms. The molecule has 0 aromatic carbocycles. The summed E-state index contributed by atoms with van der Waals surface area (Å²) in [6, 6.07) is 0.303. The van der Waals surface area contributed by atoms with E-state index in [4.69, 9.17) is 0 Å². The van der Waals surface area contributed by atoms with Crippen LogP contribution in [0.5, 0.6) is 0 Å². The van der Waals surface area contributed by atoms with Crippen molar-refractivity contribution in [2.24, 2.45) is 5.92 Å². The second kappa shape index (κ2) is 2.35. The van der Waals surface area contributed by atoms with Crippen molar-refractivity contribution in [2.75, 3.05) is 13.7 Å². The number of esters is 1. The van der Waals surface area contributed by atoms with Crippen LogP contribution in [0.15, 0.2) is 0 Å². The fourth-order valence-electron chi connectivity index (χ4n) is 0.910. The SMILES string of the molecule is COC(=O)[C@@H]1CN[C@H]1C. The highest BCUT2D eigenvalue weighted by molar-refractivity contribution is 5.74. The summed E-state index contributed by atoms with van der Waals surface area (Å²) in [5, 5.41) is 3.07. The minimum atomic E-state index is -0.0961. The molecule has 0 unspecified atom stereocenters. The van der Waals surface area contributed by atoms with Crippen molar-refractivity contribution in [2.45, 2.75) is 13.0 Å². The largest absolute Gasteiger partial charge is 0.469 e. The van der Waals surface area contributed by atoms with Crippen molar-refractivity contribution in [3.05, 3.63) is 0 Å². The number of carbonyl (C=O) groups is 1. The van der Waals surface area contributed by atoms with Gasteiger partial charge in [0.1, 0.15) is 0 Å². The molecule has 3 nitrogen and oxygen atoms in total. The average molecular weight is 129 g/mol. The molecule has 1 fully saturated rings. The van der Waals surface area contributed by atoms with Gasteiger partial charge in [0, 0.05) is 12.6 Å². The summed E-state index contributed by atoms with van der Waals surface area (Å²) in [7, 11) is 1.42. The van der Waals surface area contributed by atoms with E-state index in [1.54, 1.807) is 0 Å². The molecule has 1 aliphatic heterocycles. The molecule has 1 heterocycles. The first-order valence-corrected chi connectivity index (χ1v) is 3.07. The van der Waals surface area contributed by atoms with Crippen LogP contribution < -0.4 is 5.32 Å². The standard InChI is InChI=1S/C6H11NO2/c1-4-5(3-7-4)6(8)9-2/h4-5,7H,3H2,1-2H3/t4-,5+/m0/s1. The molecule has 0 amide bonds. The van der Waals surface area contributed by atoms with Crippen LogP contribution in [0.3, 0.4) is 0 Å². The monoisotopic (exact) mass is 129 g/mol. The molecule has 0 saturated carbocycles. The summed E-state index contributed by atoms with van der Waals surface area (Å²) in [4.78, 5) is 10.7. The van der Waals surface area contributed by atoms with Gasteiger partial charge >= 0.3 is 5.97 Å². The van der Waals surface area contributed by atoms with Crippen molar-refractivity contribution in [1.82, 2.24) is 5.32 Å². The Labute approximate surface area is 54.4 Å².